The highest BCUT2D eigenvalue weighted by atomic mass is 16.5. The quantitative estimate of drug-likeness (QED) is 0.744. The summed E-state index contributed by atoms with van der Waals surface area (Å²) in [7, 11) is 0. The SMILES string of the molecule is CC(=O)OCc1coc2cc(C)ccc2c1=O. The Labute approximate surface area is 97.8 Å². The van der Waals surface area contributed by atoms with Gasteiger partial charge in [-0.2, -0.15) is 0 Å². The van der Waals surface area contributed by atoms with E-state index in [4.69, 9.17) is 9.15 Å². The minimum atomic E-state index is -0.423. The summed E-state index contributed by atoms with van der Waals surface area (Å²) in [6, 6.07) is 5.36. The van der Waals surface area contributed by atoms with Gasteiger partial charge in [0.15, 0.2) is 5.43 Å². The first kappa shape index (κ1) is 11.4. The lowest BCUT2D eigenvalue weighted by atomic mass is 10.1. The predicted molar refractivity (Wildman–Crippen MR) is 62.7 cm³/mol. The van der Waals surface area contributed by atoms with Gasteiger partial charge in [-0.25, -0.2) is 0 Å². The zero-order valence-electron chi connectivity index (χ0n) is 9.65. The van der Waals surface area contributed by atoms with E-state index in [-0.39, 0.29) is 12.0 Å². The molecule has 0 fully saturated rings. The lowest BCUT2D eigenvalue weighted by molar-refractivity contribution is -0.142. The van der Waals surface area contributed by atoms with E-state index in [1.807, 2.05) is 13.0 Å². The Morgan fingerprint density at radius 1 is 1.41 bits per heavy atom. The number of rotatable bonds is 2. The Kier molecular flexibility index (Phi) is 2.95. The van der Waals surface area contributed by atoms with Gasteiger partial charge in [0.2, 0.25) is 0 Å². The number of hydrogen-bond donors (Lipinski definition) is 0. The van der Waals surface area contributed by atoms with Gasteiger partial charge in [0.1, 0.15) is 18.5 Å². The van der Waals surface area contributed by atoms with Crippen LogP contribution in [0.3, 0.4) is 0 Å². The molecule has 1 aromatic heterocycles. The van der Waals surface area contributed by atoms with E-state index in [0.29, 0.717) is 16.5 Å². The summed E-state index contributed by atoms with van der Waals surface area (Å²) in [6.07, 6.45) is 1.34. The minimum absolute atomic E-state index is 0.0541. The van der Waals surface area contributed by atoms with Crippen molar-refractivity contribution in [3.05, 3.63) is 45.8 Å². The number of aryl methyl sites for hydroxylation is 1. The van der Waals surface area contributed by atoms with Crippen LogP contribution in [0.1, 0.15) is 18.1 Å². The van der Waals surface area contributed by atoms with Crippen LogP contribution >= 0.6 is 0 Å². The molecule has 0 atom stereocenters. The number of esters is 1. The third-order valence-corrected chi connectivity index (χ3v) is 2.43. The molecule has 0 saturated carbocycles. The second-order valence-corrected chi connectivity index (χ2v) is 3.87. The van der Waals surface area contributed by atoms with Crippen LogP contribution < -0.4 is 5.43 Å². The van der Waals surface area contributed by atoms with Crippen molar-refractivity contribution in [3.8, 4) is 0 Å². The highest BCUT2D eigenvalue weighted by Gasteiger charge is 2.08. The van der Waals surface area contributed by atoms with E-state index in [2.05, 4.69) is 0 Å². The Hall–Kier alpha value is -2.10. The van der Waals surface area contributed by atoms with Crippen LogP contribution in [0.15, 0.2) is 33.7 Å². The molecule has 2 rings (SSSR count). The Morgan fingerprint density at radius 2 is 2.18 bits per heavy atom. The standard InChI is InChI=1S/C13H12O4/c1-8-3-4-11-12(5-8)17-7-10(13(11)15)6-16-9(2)14/h3-5,7H,6H2,1-2H3. The first-order valence-electron chi connectivity index (χ1n) is 5.22. The van der Waals surface area contributed by atoms with Gasteiger partial charge in [0, 0.05) is 6.92 Å². The molecular weight excluding hydrogens is 220 g/mol. The van der Waals surface area contributed by atoms with Crippen molar-refractivity contribution in [1.82, 2.24) is 0 Å². The van der Waals surface area contributed by atoms with Gasteiger partial charge in [0.05, 0.1) is 10.9 Å². The van der Waals surface area contributed by atoms with Crippen LogP contribution in [-0.2, 0) is 16.1 Å². The van der Waals surface area contributed by atoms with Crippen molar-refractivity contribution < 1.29 is 13.9 Å². The van der Waals surface area contributed by atoms with Gasteiger partial charge >= 0.3 is 5.97 Å². The molecule has 4 nitrogen and oxygen atoms in total. The van der Waals surface area contributed by atoms with Crippen LogP contribution in [0.2, 0.25) is 0 Å². The first-order chi connectivity index (χ1) is 8.08. The van der Waals surface area contributed by atoms with Gasteiger partial charge in [-0.3, -0.25) is 9.59 Å². The van der Waals surface area contributed by atoms with Crippen molar-refractivity contribution in [3.63, 3.8) is 0 Å². The molecule has 0 aliphatic heterocycles. The van der Waals surface area contributed by atoms with Crippen molar-refractivity contribution in [2.45, 2.75) is 20.5 Å². The normalized spacial score (nSPS) is 10.5. The van der Waals surface area contributed by atoms with E-state index >= 15 is 0 Å². The monoisotopic (exact) mass is 232 g/mol. The maximum absolute atomic E-state index is 12.0. The van der Waals surface area contributed by atoms with E-state index in [1.54, 1.807) is 12.1 Å². The summed E-state index contributed by atoms with van der Waals surface area (Å²) in [5, 5.41) is 0.500. The number of benzene rings is 1. The summed E-state index contributed by atoms with van der Waals surface area (Å²) in [6.45, 7) is 3.17. The second kappa shape index (κ2) is 4.41. The average Bonchev–Trinajstić information content (AvgIpc) is 2.27. The van der Waals surface area contributed by atoms with E-state index in [9.17, 15) is 9.59 Å². The minimum Gasteiger partial charge on any atom is -0.464 e. The first-order valence-corrected chi connectivity index (χ1v) is 5.22. The smallest absolute Gasteiger partial charge is 0.302 e. The molecule has 0 saturated heterocycles. The lowest BCUT2D eigenvalue weighted by Gasteiger charge is -2.03. The molecule has 0 N–H and O–H groups in total. The summed E-state index contributed by atoms with van der Waals surface area (Å²) in [5.74, 6) is -0.423. The van der Waals surface area contributed by atoms with E-state index in [1.165, 1.54) is 13.2 Å². The Bertz CT molecular complexity index is 625. The van der Waals surface area contributed by atoms with Crippen LogP contribution in [0.4, 0.5) is 0 Å². The molecule has 0 bridgehead atoms. The summed E-state index contributed by atoms with van der Waals surface area (Å²) >= 11 is 0. The molecular formula is C13H12O4. The number of fused-ring (bicyclic) bond motifs is 1. The maximum atomic E-state index is 12.0. The fraction of sp³-hybridized carbons (Fsp3) is 0.231. The van der Waals surface area contributed by atoms with Gasteiger partial charge in [-0.05, 0) is 24.6 Å². The maximum Gasteiger partial charge on any atom is 0.302 e. The van der Waals surface area contributed by atoms with Crippen LogP contribution in [0.25, 0.3) is 11.0 Å². The third kappa shape index (κ3) is 2.36. The average molecular weight is 232 g/mol. The molecule has 88 valence electrons. The fourth-order valence-corrected chi connectivity index (χ4v) is 1.55. The Balaban J connectivity index is 2.47. The number of carbonyl (C=O) groups is 1. The molecule has 2 aromatic rings. The number of ether oxygens (including phenoxy) is 1. The van der Waals surface area contributed by atoms with Crippen molar-refractivity contribution >= 4 is 16.9 Å². The van der Waals surface area contributed by atoms with Crippen molar-refractivity contribution in [1.29, 1.82) is 0 Å². The molecule has 17 heavy (non-hydrogen) atoms. The van der Waals surface area contributed by atoms with Crippen LogP contribution in [0.5, 0.6) is 0 Å². The molecule has 0 aliphatic rings. The molecule has 0 spiro atoms. The topological polar surface area (TPSA) is 56.5 Å². The highest BCUT2D eigenvalue weighted by molar-refractivity contribution is 5.77. The number of carbonyl (C=O) groups excluding carboxylic acids is 1. The van der Waals surface area contributed by atoms with Gasteiger partial charge in [0.25, 0.3) is 0 Å². The van der Waals surface area contributed by atoms with Gasteiger partial charge < -0.3 is 9.15 Å². The molecule has 0 amide bonds. The van der Waals surface area contributed by atoms with Gasteiger partial charge in [-0.1, -0.05) is 6.07 Å². The second-order valence-electron chi connectivity index (χ2n) is 3.87. The Morgan fingerprint density at radius 3 is 2.88 bits per heavy atom. The lowest BCUT2D eigenvalue weighted by Crippen LogP contribution is -2.11. The zero-order chi connectivity index (χ0) is 12.4. The molecule has 4 heteroatoms. The van der Waals surface area contributed by atoms with E-state index in [0.717, 1.165) is 5.56 Å². The van der Waals surface area contributed by atoms with E-state index < -0.39 is 5.97 Å². The van der Waals surface area contributed by atoms with Crippen LogP contribution in [0, 0.1) is 6.92 Å². The fourth-order valence-electron chi connectivity index (χ4n) is 1.55. The molecule has 0 unspecified atom stereocenters. The number of hydrogen-bond acceptors (Lipinski definition) is 4. The highest BCUT2D eigenvalue weighted by Crippen LogP contribution is 2.13. The van der Waals surface area contributed by atoms with Crippen LogP contribution in [-0.4, -0.2) is 5.97 Å². The summed E-state index contributed by atoms with van der Waals surface area (Å²) in [5.41, 5.74) is 1.75. The third-order valence-electron chi connectivity index (χ3n) is 2.43. The van der Waals surface area contributed by atoms with Gasteiger partial charge in [-0.15, -0.1) is 0 Å². The summed E-state index contributed by atoms with van der Waals surface area (Å²) in [4.78, 5) is 22.7. The largest absolute Gasteiger partial charge is 0.464 e. The molecule has 1 heterocycles. The van der Waals surface area contributed by atoms with Crippen molar-refractivity contribution in [2.24, 2.45) is 0 Å². The summed E-state index contributed by atoms with van der Waals surface area (Å²) < 4.78 is 10.1. The molecule has 0 aliphatic carbocycles. The van der Waals surface area contributed by atoms with Crippen molar-refractivity contribution in [2.75, 3.05) is 0 Å². The zero-order valence-corrected chi connectivity index (χ0v) is 9.65. The molecule has 1 aromatic carbocycles. The predicted octanol–water partition coefficient (Wildman–Crippen LogP) is 2.16. The molecule has 0 radical (unpaired) electrons.